The predicted octanol–water partition coefficient (Wildman–Crippen LogP) is 2.67. The Morgan fingerprint density at radius 3 is 2.80 bits per heavy atom. The minimum absolute atomic E-state index is 0.307. The molecule has 104 valence electrons. The second kappa shape index (κ2) is 6.21. The van der Waals surface area contributed by atoms with Crippen LogP contribution in [0.2, 0.25) is 5.15 Å². The molecule has 0 aliphatic carbocycles. The molecule has 2 aromatic rings. The summed E-state index contributed by atoms with van der Waals surface area (Å²) in [6, 6.07) is 3.25. The molecule has 2 heterocycles. The number of methoxy groups -OCH3 is 2. The summed E-state index contributed by atoms with van der Waals surface area (Å²) in [7, 11) is 2.83. The zero-order valence-corrected chi connectivity index (χ0v) is 11.6. The fraction of sp³-hybridized carbons (Fsp3) is 0.154. The number of nitrogens with one attached hydrogen (secondary N) is 1. The van der Waals surface area contributed by atoms with Crippen molar-refractivity contribution < 1.29 is 14.3 Å². The second-order valence-electron chi connectivity index (χ2n) is 3.75. The van der Waals surface area contributed by atoms with Crippen molar-refractivity contribution in [3.8, 4) is 5.75 Å². The van der Waals surface area contributed by atoms with Gasteiger partial charge in [0, 0.05) is 18.5 Å². The first-order chi connectivity index (χ1) is 9.65. The molecule has 0 bridgehead atoms. The quantitative estimate of drug-likeness (QED) is 0.690. The van der Waals surface area contributed by atoms with Gasteiger partial charge < -0.3 is 14.8 Å². The van der Waals surface area contributed by atoms with Gasteiger partial charge in [-0.15, -0.1) is 0 Å². The van der Waals surface area contributed by atoms with Crippen LogP contribution < -0.4 is 10.1 Å². The zero-order valence-electron chi connectivity index (χ0n) is 10.9. The van der Waals surface area contributed by atoms with E-state index in [2.05, 4.69) is 15.3 Å². The van der Waals surface area contributed by atoms with Gasteiger partial charge in [0.2, 0.25) is 0 Å². The van der Waals surface area contributed by atoms with E-state index in [-0.39, 0.29) is 0 Å². The van der Waals surface area contributed by atoms with Crippen LogP contribution >= 0.6 is 11.6 Å². The van der Waals surface area contributed by atoms with E-state index in [1.54, 1.807) is 18.3 Å². The van der Waals surface area contributed by atoms with Crippen molar-refractivity contribution in [2.24, 2.45) is 0 Å². The fourth-order valence-electron chi connectivity index (χ4n) is 1.60. The van der Waals surface area contributed by atoms with Crippen molar-refractivity contribution in [2.75, 3.05) is 19.5 Å². The number of halogens is 1. The molecule has 0 saturated carbocycles. The molecule has 0 spiro atoms. The van der Waals surface area contributed by atoms with Crippen molar-refractivity contribution in [3.63, 3.8) is 0 Å². The lowest BCUT2D eigenvalue weighted by molar-refractivity contribution is 0.0601. The summed E-state index contributed by atoms with van der Waals surface area (Å²) in [6.45, 7) is 0. The summed E-state index contributed by atoms with van der Waals surface area (Å²) < 4.78 is 9.89. The van der Waals surface area contributed by atoms with Crippen molar-refractivity contribution in [3.05, 3.63) is 41.4 Å². The Labute approximate surface area is 120 Å². The molecule has 0 aliphatic heterocycles. The van der Waals surface area contributed by atoms with Crippen LogP contribution in [0.1, 0.15) is 10.4 Å². The Bertz CT molecular complexity index is 634. The van der Waals surface area contributed by atoms with Gasteiger partial charge in [0.1, 0.15) is 10.7 Å². The Morgan fingerprint density at radius 2 is 2.10 bits per heavy atom. The number of rotatable bonds is 4. The highest BCUT2D eigenvalue weighted by Gasteiger charge is 2.14. The molecule has 0 aromatic carbocycles. The number of carbonyl (C=O) groups is 1. The molecule has 20 heavy (non-hydrogen) atoms. The summed E-state index contributed by atoms with van der Waals surface area (Å²) >= 11 is 5.86. The molecular weight excluding hydrogens is 282 g/mol. The minimum atomic E-state index is -0.486. The zero-order chi connectivity index (χ0) is 14.5. The molecule has 0 aliphatic rings. The predicted molar refractivity (Wildman–Crippen MR) is 74.7 cm³/mol. The number of anilines is 2. The lowest BCUT2D eigenvalue weighted by atomic mass is 10.2. The lowest BCUT2D eigenvalue weighted by Crippen LogP contribution is -2.06. The summed E-state index contributed by atoms with van der Waals surface area (Å²) in [5, 5.41) is 3.37. The minimum Gasteiger partial charge on any atom is -0.493 e. The van der Waals surface area contributed by atoms with Crippen molar-refractivity contribution in [1.29, 1.82) is 0 Å². The van der Waals surface area contributed by atoms with Gasteiger partial charge in [-0.2, -0.15) is 0 Å². The number of pyridine rings is 2. The van der Waals surface area contributed by atoms with Gasteiger partial charge in [-0.05, 0) is 6.07 Å². The van der Waals surface area contributed by atoms with Gasteiger partial charge >= 0.3 is 5.97 Å². The third-order valence-corrected chi connectivity index (χ3v) is 2.76. The summed E-state index contributed by atoms with van der Waals surface area (Å²) in [5.41, 5.74) is 1.43. The second-order valence-corrected chi connectivity index (χ2v) is 4.13. The standard InChI is InChI=1S/C13H12ClN3O3/c1-19-11-7-16-12(14)5-10(11)17-9-3-4-15-6-8(9)13(18)20-2/h3-7H,1-2H3,(H,15,16,17). The van der Waals surface area contributed by atoms with Crippen LogP contribution in [0.15, 0.2) is 30.7 Å². The maximum Gasteiger partial charge on any atom is 0.341 e. The van der Waals surface area contributed by atoms with E-state index in [1.807, 2.05) is 0 Å². The van der Waals surface area contributed by atoms with E-state index < -0.39 is 5.97 Å². The number of esters is 1. The average molecular weight is 294 g/mol. The van der Waals surface area contributed by atoms with E-state index >= 15 is 0 Å². The molecule has 0 atom stereocenters. The van der Waals surface area contributed by atoms with E-state index in [0.29, 0.717) is 27.8 Å². The third kappa shape index (κ3) is 2.97. The van der Waals surface area contributed by atoms with Gasteiger partial charge in [-0.25, -0.2) is 9.78 Å². The van der Waals surface area contributed by atoms with Gasteiger partial charge in [-0.1, -0.05) is 11.6 Å². The smallest absolute Gasteiger partial charge is 0.341 e. The van der Waals surface area contributed by atoms with Gasteiger partial charge in [-0.3, -0.25) is 4.98 Å². The molecule has 7 heteroatoms. The highest BCUT2D eigenvalue weighted by Crippen LogP contribution is 2.30. The molecule has 0 amide bonds. The van der Waals surface area contributed by atoms with E-state index in [0.717, 1.165) is 0 Å². The Morgan fingerprint density at radius 1 is 1.30 bits per heavy atom. The Balaban J connectivity index is 2.40. The lowest BCUT2D eigenvalue weighted by Gasteiger charge is -2.13. The maximum atomic E-state index is 11.7. The highest BCUT2D eigenvalue weighted by atomic mass is 35.5. The molecule has 0 unspecified atom stereocenters. The van der Waals surface area contributed by atoms with Crippen LogP contribution in [0.25, 0.3) is 0 Å². The third-order valence-electron chi connectivity index (χ3n) is 2.55. The Hall–Kier alpha value is -2.34. The molecule has 2 aromatic heterocycles. The Kier molecular flexibility index (Phi) is 4.37. The van der Waals surface area contributed by atoms with Crippen molar-refractivity contribution in [2.45, 2.75) is 0 Å². The van der Waals surface area contributed by atoms with Crippen LogP contribution in [-0.4, -0.2) is 30.2 Å². The molecule has 1 N–H and O–H groups in total. The molecule has 0 saturated heterocycles. The average Bonchev–Trinajstić information content (AvgIpc) is 2.47. The van der Waals surface area contributed by atoms with Gasteiger partial charge in [0.05, 0.1) is 31.8 Å². The molecule has 2 rings (SSSR count). The summed E-state index contributed by atoms with van der Waals surface area (Å²) in [5.74, 6) is 0.0155. The SMILES string of the molecule is COC(=O)c1cnccc1Nc1cc(Cl)ncc1OC. The molecule has 6 nitrogen and oxygen atoms in total. The molecule has 0 radical (unpaired) electrons. The highest BCUT2D eigenvalue weighted by molar-refractivity contribution is 6.29. The topological polar surface area (TPSA) is 73.3 Å². The molecule has 0 fully saturated rings. The number of ether oxygens (including phenoxy) is 2. The van der Waals surface area contributed by atoms with Gasteiger partial charge in [0.25, 0.3) is 0 Å². The van der Waals surface area contributed by atoms with E-state index in [4.69, 9.17) is 21.1 Å². The number of nitrogens with zero attached hydrogens (tertiary/aromatic N) is 2. The van der Waals surface area contributed by atoms with E-state index in [1.165, 1.54) is 26.6 Å². The summed E-state index contributed by atoms with van der Waals surface area (Å²) in [4.78, 5) is 19.5. The number of carbonyl (C=O) groups excluding carboxylic acids is 1. The first kappa shape index (κ1) is 14.1. The number of hydrogen-bond donors (Lipinski definition) is 1. The van der Waals surface area contributed by atoms with Crippen molar-refractivity contribution in [1.82, 2.24) is 9.97 Å². The van der Waals surface area contributed by atoms with Crippen LogP contribution in [0.3, 0.4) is 0 Å². The van der Waals surface area contributed by atoms with Crippen LogP contribution in [0, 0.1) is 0 Å². The number of aromatic nitrogens is 2. The monoisotopic (exact) mass is 293 g/mol. The van der Waals surface area contributed by atoms with Crippen molar-refractivity contribution >= 4 is 28.9 Å². The van der Waals surface area contributed by atoms with Crippen LogP contribution in [-0.2, 0) is 4.74 Å². The summed E-state index contributed by atoms with van der Waals surface area (Å²) in [6.07, 6.45) is 4.47. The maximum absolute atomic E-state index is 11.7. The molecular formula is C13H12ClN3O3. The van der Waals surface area contributed by atoms with Crippen LogP contribution in [0.4, 0.5) is 11.4 Å². The fourth-order valence-corrected chi connectivity index (χ4v) is 1.76. The van der Waals surface area contributed by atoms with Gasteiger partial charge in [0.15, 0.2) is 5.75 Å². The normalized spacial score (nSPS) is 9.95. The van der Waals surface area contributed by atoms with Crippen LogP contribution in [0.5, 0.6) is 5.75 Å². The largest absolute Gasteiger partial charge is 0.493 e. The first-order valence-electron chi connectivity index (χ1n) is 5.64. The number of hydrogen-bond acceptors (Lipinski definition) is 6. The van der Waals surface area contributed by atoms with E-state index in [9.17, 15) is 4.79 Å². The first-order valence-corrected chi connectivity index (χ1v) is 6.02.